The maximum Gasteiger partial charge on any atom is 0.226 e. The van der Waals surface area contributed by atoms with Gasteiger partial charge in [-0.25, -0.2) is 0 Å². The average Bonchev–Trinajstić information content (AvgIpc) is 2.65. The fourth-order valence-electron chi connectivity index (χ4n) is 1.67. The maximum absolute atomic E-state index is 11.8. The minimum atomic E-state index is -0.327. The lowest BCUT2D eigenvalue weighted by Gasteiger charge is -2.21. The molecule has 1 amide bonds. The molecule has 5 heteroatoms. The molecule has 0 aromatic rings. The Balaban J connectivity index is 0.00000196. The van der Waals surface area contributed by atoms with Gasteiger partial charge in [-0.3, -0.25) is 4.79 Å². The maximum atomic E-state index is 11.8. The van der Waals surface area contributed by atoms with E-state index in [2.05, 4.69) is 5.32 Å². The molecule has 0 saturated carbocycles. The molecule has 0 spiro atoms. The molecule has 1 aliphatic heterocycles. The molecule has 0 bridgehead atoms. The van der Waals surface area contributed by atoms with Crippen molar-refractivity contribution in [2.75, 3.05) is 26.7 Å². The van der Waals surface area contributed by atoms with Crippen molar-refractivity contribution < 1.29 is 9.90 Å². The molecule has 15 heavy (non-hydrogen) atoms. The number of hydrogen-bond acceptors (Lipinski definition) is 3. The Kier molecular flexibility index (Phi) is 6.89. The molecule has 1 fully saturated rings. The van der Waals surface area contributed by atoms with Gasteiger partial charge in [0.05, 0.1) is 12.0 Å². The molecule has 2 N–H and O–H groups in total. The van der Waals surface area contributed by atoms with Gasteiger partial charge in [-0.05, 0) is 26.3 Å². The number of rotatable bonds is 4. The third-order valence-corrected chi connectivity index (χ3v) is 2.67. The van der Waals surface area contributed by atoms with Crippen LogP contribution < -0.4 is 5.32 Å². The van der Waals surface area contributed by atoms with Crippen molar-refractivity contribution >= 4 is 18.3 Å². The van der Waals surface area contributed by atoms with E-state index in [1.54, 1.807) is 11.8 Å². The Labute approximate surface area is 97.4 Å². The molecule has 1 aliphatic rings. The molecule has 0 aromatic heterocycles. The van der Waals surface area contributed by atoms with Crippen LogP contribution in [0.1, 0.15) is 19.8 Å². The van der Waals surface area contributed by atoms with Gasteiger partial charge in [0.2, 0.25) is 5.91 Å². The highest BCUT2D eigenvalue weighted by Gasteiger charge is 2.24. The fraction of sp³-hybridized carbons (Fsp3) is 0.900. The van der Waals surface area contributed by atoms with Crippen LogP contribution in [-0.4, -0.2) is 48.7 Å². The van der Waals surface area contributed by atoms with Gasteiger partial charge in [-0.15, -0.1) is 12.4 Å². The van der Waals surface area contributed by atoms with E-state index in [4.69, 9.17) is 5.11 Å². The summed E-state index contributed by atoms with van der Waals surface area (Å²) in [4.78, 5) is 13.5. The zero-order valence-electron chi connectivity index (χ0n) is 9.40. The SMILES string of the molecule is CC(O)CCN(C)C(=O)C1CCNC1.Cl. The number of nitrogens with one attached hydrogen (secondary N) is 1. The van der Waals surface area contributed by atoms with Gasteiger partial charge in [0.15, 0.2) is 0 Å². The van der Waals surface area contributed by atoms with Crippen molar-refractivity contribution in [2.45, 2.75) is 25.9 Å². The summed E-state index contributed by atoms with van der Waals surface area (Å²) in [5.41, 5.74) is 0. The standard InChI is InChI=1S/C10H20N2O2.ClH/c1-8(13)4-6-12(2)10(14)9-3-5-11-7-9;/h8-9,11,13H,3-7H2,1-2H3;1H. The topological polar surface area (TPSA) is 52.6 Å². The number of aliphatic hydroxyl groups is 1. The summed E-state index contributed by atoms with van der Waals surface area (Å²) >= 11 is 0. The molecule has 0 aromatic carbocycles. The Morgan fingerprint density at radius 3 is 2.80 bits per heavy atom. The highest BCUT2D eigenvalue weighted by molar-refractivity contribution is 5.85. The van der Waals surface area contributed by atoms with Gasteiger partial charge in [0, 0.05) is 20.1 Å². The molecule has 2 atom stereocenters. The molecule has 2 unspecified atom stereocenters. The zero-order valence-corrected chi connectivity index (χ0v) is 10.2. The second kappa shape index (κ2) is 7.04. The summed E-state index contributed by atoms with van der Waals surface area (Å²) in [6.45, 7) is 4.14. The number of amides is 1. The van der Waals surface area contributed by atoms with E-state index in [0.717, 1.165) is 19.5 Å². The number of nitrogens with zero attached hydrogens (tertiary/aromatic N) is 1. The second-order valence-corrected chi connectivity index (χ2v) is 4.09. The van der Waals surface area contributed by atoms with Crippen LogP contribution in [0, 0.1) is 5.92 Å². The summed E-state index contributed by atoms with van der Waals surface area (Å²) in [6, 6.07) is 0. The lowest BCUT2D eigenvalue weighted by molar-refractivity contribution is -0.133. The van der Waals surface area contributed by atoms with Gasteiger partial charge < -0.3 is 15.3 Å². The first-order chi connectivity index (χ1) is 6.61. The van der Waals surface area contributed by atoms with Crippen LogP contribution in [0.4, 0.5) is 0 Å². The van der Waals surface area contributed by atoms with Crippen molar-refractivity contribution in [3.8, 4) is 0 Å². The first-order valence-electron chi connectivity index (χ1n) is 5.25. The zero-order chi connectivity index (χ0) is 10.6. The van der Waals surface area contributed by atoms with Crippen LogP contribution in [0.5, 0.6) is 0 Å². The van der Waals surface area contributed by atoms with Crippen LogP contribution in [0.25, 0.3) is 0 Å². The molecular weight excluding hydrogens is 216 g/mol. The van der Waals surface area contributed by atoms with E-state index in [-0.39, 0.29) is 30.3 Å². The average molecular weight is 237 g/mol. The third kappa shape index (κ3) is 4.82. The van der Waals surface area contributed by atoms with Crippen LogP contribution >= 0.6 is 12.4 Å². The van der Waals surface area contributed by atoms with Crippen molar-refractivity contribution in [1.82, 2.24) is 10.2 Å². The van der Waals surface area contributed by atoms with Crippen LogP contribution in [0.3, 0.4) is 0 Å². The Hall–Kier alpha value is -0.320. The smallest absolute Gasteiger partial charge is 0.226 e. The van der Waals surface area contributed by atoms with E-state index in [9.17, 15) is 4.79 Å². The van der Waals surface area contributed by atoms with Gasteiger partial charge in [0.1, 0.15) is 0 Å². The van der Waals surface area contributed by atoms with Crippen LogP contribution in [0.15, 0.2) is 0 Å². The van der Waals surface area contributed by atoms with Gasteiger partial charge in [-0.1, -0.05) is 0 Å². The van der Waals surface area contributed by atoms with E-state index >= 15 is 0 Å². The van der Waals surface area contributed by atoms with E-state index in [1.165, 1.54) is 0 Å². The Bertz CT molecular complexity index is 194. The van der Waals surface area contributed by atoms with E-state index < -0.39 is 0 Å². The molecule has 1 saturated heterocycles. The monoisotopic (exact) mass is 236 g/mol. The molecule has 0 radical (unpaired) electrons. The highest BCUT2D eigenvalue weighted by Crippen LogP contribution is 2.11. The fourth-order valence-corrected chi connectivity index (χ4v) is 1.67. The highest BCUT2D eigenvalue weighted by atomic mass is 35.5. The summed E-state index contributed by atoms with van der Waals surface area (Å²) < 4.78 is 0. The summed E-state index contributed by atoms with van der Waals surface area (Å²) in [7, 11) is 1.81. The van der Waals surface area contributed by atoms with E-state index in [1.807, 2.05) is 7.05 Å². The van der Waals surface area contributed by atoms with Crippen molar-refractivity contribution in [3.63, 3.8) is 0 Å². The third-order valence-electron chi connectivity index (χ3n) is 2.67. The van der Waals surface area contributed by atoms with Gasteiger partial charge >= 0.3 is 0 Å². The van der Waals surface area contributed by atoms with Crippen molar-refractivity contribution in [2.24, 2.45) is 5.92 Å². The second-order valence-electron chi connectivity index (χ2n) is 4.09. The number of carbonyl (C=O) groups excluding carboxylic acids is 1. The molecule has 90 valence electrons. The summed E-state index contributed by atoms with van der Waals surface area (Å²) in [5.74, 6) is 0.352. The number of hydrogen-bond donors (Lipinski definition) is 2. The van der Waals surface area contributed by atoms with Crippen LogP contribution in [0.2, 0.25) is 0 Å². The Morgan fingerprint density at radius 2 is 2.33 bits per heavy atom. The lowest BCUT2D eigenvalue weighted by atomic mass is 10.1. The molecule has 1 heterocycles. The normalized spacial score (nSPS) is 21.9. The van der Waals surface area contributed by atoms with E-state index in [0.29, 0.717) is 13.0 Å². The summed E-state index contributed by atoms with van der Waals surface area (Å²) in [6.07, 6.45) is 1.27. The molecule has 4 nitrogen and oxygen atoms in total. The van der Waals surface area contributed by atoms with Gasteiger partial charge in [0.25, 0.3) is 0 Å². The largest absolute Gasteiger partial charge is 0.393 e. The summed E-state index contributed by atoms with van der Waals surface area (Å²) in [5, 5.41) is 12.3. The number of aliphatic hydroxyl groups excluding tert-OH is 1. The predicted molar refractivity (Wildman–Crippen MR) is 62.2 cm³/mol. The first-order valence-corrected chi connectivity index (χ1v) is 5.25. The Morgan fingerprint density at radius 1 is 1.67 bits per heavy atom. The quantitative estimate of drug-likeness (QED) is 0.736. The molecular formula is C10H21ClN2O2. The number of halogens is 1. The van der Waals surface area contributed by atoms with Crippen molar-refractivity contribution in [1.29, 1.82) is 0 Å². The lowest BCUT2D eigenvalue weighted by Crippen LogP contribution is -2.35. The van der Waals surface area contributed by atoms with Gasteiger partial charge in [-0.2, -0.15) is 0 Å². The minimum Gasteiger partial charge on any atom is -0.393 e. The first kappa shape index (κ1) is 14.7. The minimum absolute atomic E-state index is 0. The molecule has 1 rings (SSSR count). The van der Waals surface area contributed by atoms with Crippen LogP contribution in [-0.2, 0) is 4.79 Å². The molecule has 0 aliphatic carbocycles. The number of carbonyl (C=O) groups is 1. The predicted octanol–water partition coefficient (Wildman–Crippen LogP) is 0.247. The van der Waals surface area contributed by atoms with Crippen molar-refractivity contribution in [3.05, 3.63) is 0 Å².